The Kier molecular flexibility index (Phi) is 10.3. The molecule has 2 amide bonds. The molecule has 1 saturated heterocycles. The molecule has 2 aliphatic rings. The lowest BCUT2D eigenvalue weighted by Crippen LogP contribution is -2.41. The zero-order valence-corrected chi connectivity index (χ0v) is 17.8. The van der Waals surface area contributed by atoms with Gasteiger partial charge in [-0.05, 0) is 38.3 Å². The molecule has 2 fully saturated rings. The second-order valence-corrected chi connectivity index (χ2v) is 7.49. The minimum Gasteiger partial charge on any atom is -0.478 e. The molecular weight excluding hydrogens is 396 g/mol. The summed E-state index contributed by atoms with van der Waals surface area (Å²) in [4.78, 5) is 46.5. The molecule has 2 atom stereocenters. The molecule has 0 radical (unpaired) electrons. The average molecular weight is 428 g/mol. The number of carboxylic acid groups (broad SMARTS) is 2. The van der Waals surface area contributed by atoms with E-state index in [0.29, 0.717) is 37.8 Å². The third kappa shape index (κ3) is 8.40. The van der Waals surface area contributed by atoms with E-state index >= 15 is 0 Å². The molecule has 0 aromatic carbocycles. The van der Waals surface area contributed by atoms with Crippen molar-refractivity contribution in [1.29, 1.82) is 0 Å². The Labute approximate surface area is 176 Å². The van der Waals surface area contributed by atoms with Gasteiger partial charge in [-0.2, -0.15) is 0 Å². The molecule has 1 aliphatic heterocycles. The topological polar surface area (TPSA) is 134 Å². The molecule has 2 N–H and O–H groups in total. The van der Waals surface area contributed by atoms with Gasteiger partial charge in [0.2, 0.25) is 0 Å². The van der Waals surface area contributed by atoms with E-state index in [9.17, 15) is 19.2 Å². The number of amides is 2. The summed E-state index contributed by atoms with van der Waals surface area (Å²) in [7, 11) is 0. The molecule has 1 saturated carbocycles. The number of nitrogens with zero attached hydrogens (tertiary/aromatic N) is 2. The first-order valence-electron chi connectivity index (χ1n) is 10.2. The van der Waals surface area contributed by atoms with Crippen LogP contribution in [0.25, 0.3) is 0 Å². The molecule has 10 heteroatoms. The maximum absolute atomic E-state index is 12.1. The highest BCUT2D eigenvalue weighted by molar-refractivity contribution is 5.90. The number of ether oxygens (including phenoxy) is 2. The van der Waals surface area contributed by atoms with Crippen molar-refractivity contribution in [3.05, 3.63) is 12.2 Å². The van der Waals surface area contributed by atoms with Gasteiger partial charge < -0.3 is 24.6 Å². The maximum Gasteiger partial charge on any atom is 0.420 e. The summed E-state index contributed by atoms with van der Waals surface area (Å²) in [5.74, 6) is -1.99. The molecule has 1 aliphatic carbocycles. The van der Waals surface area contributed by atoms with Crippen LogP contribution in [-0.2, 0) is 19.1 Å². The first-order valence-corrected chi connectivity index (χ1v) is 10.2. The molecule has 1 spiro atoms. The zero-order valence-electron chi connectivity index (χ0n) is 17.8. The molecule has 0 bridgehead atoms. The number of hydrogen-bond acceptors (Lipinski definition) is 7. The molecular formula is C20H32N2O8. The van der Waals surface area contributed by atoms with Gasteiger partial charge in [0.1, 0.15) is 12.2 Å². The van der Waals surface area contributed by atoms with E-state index in [4.69, 9.17) is 19.7 Å². The molecule has 0 aromatic rings. The minimum absolute atomic E-state index is 0.299. The van der Waals surface area contributed by atoms with Crippen LogP contribution in [-0.4, -0.2) is 82.5 Å². The van der Waals surface area contributed by atoms with Crippen molar-refractivity contribution in [3.63, 3.8) is 0 Å². The largest absolute Gasteiger partial charge is 0.478 e. The van der Waals surface area contributed by atoms with Gasteiger partial charge in [-0.15, -0.1) is 0 Å². The number of hydrogen-bond donors (Lipinski definition) is 2. The fraction of sp³-hybridized carbons (Fsp3) is 0.700. The van der Waals surface area contributed by atoms with Crippen LogP contribution in [0.2, 0.25) is 0 Å². The van der Waals surface area contributed by atoms with Crippen LogP contribution >= 0.6 is 0 Å². The van der Waals surface area contributed by atoms with Crippen molar-refractivity contribution in [2.75, 3.05) is 32.8 Å². The van der Waals surface area contributed by atoms with E-state index in [2.05, 4.69) is 25.7 Å². The van der Waals surface area contributed by atoms with E-state index in [1.807, 2.05) is 0 Å². The lowest BCUT2D eigenvalue weighted by atomic mass is 9.79. The second kappa shape index (κ2) is 12.2. The molecule has 170 valence electrons. The average Bonchev–Trinajstić information content (AvgIpc) is 2.99. The van der Waals surface area contributed by atoms with E-state index in [-0.39, 0.29) is 0 Å². The number of carbonyl (C=O) groups excluding carboxylic acids is 2. The van der Waals surface area contributed by atoms with Crippen molar-refractivity contribution in [2.45, 2.75) is 52.1 Å². The third-order valence-corrected chi connectivity index (χ3v) is 5.14. The standard InChI is InChI=1S/C16H28N2O4.C4H4O4/c1-4-17(5-2)9-10-21-14(19)18-12-16(22-15(18)20)8-6-7-13(3)11-16;5-3(6)1-2-4(7)8/h13H,4-12H2,1-3H3;1-2H,(H,5,6)(H,7,8)/b;2-1+/t13-,16?;/m0./s1. The monoisotopic (exact) mass is 428 g/mol. The fourth-order valence-electron chi connectivity index (χ4n) is 3.63. The van der Waals surface area contributed by atoms with Gasteiger partial charge in [-0.25, -0.2) is 24.1 Å². The van der Waals surface area contributed by atoms with Crippen LogP contribution in [0.1, 0.15) is 46.5 Å². The highest BCUT2D eigenvalue weighted by Crippen LogP contribution is 2.39. The summed E-state index contributed by atoms with van der Waals surface area (Å²) in [5, 5.41) is 15.6. The van der Waals surface area contributed by atoms with Gasteiger partial charge in [-0.1, -0.05) is 27.2 Å². The second-order valence-electron chi connectivity index (χ2n) is 7.49. The van der Waals surface area contributed by atoms with E-state index < -0.39 is 29.7 Å². The smallest absolute Gasteiger partial charge is 0.420 e. The van der Waals surface area contributed by atoms with E-state index in [1.54, 1.807) is 0 Å². The Morgan fingerprint density at radius 3 is 2.33 bits per heavy atom. The molecule has 2 rings (SSSR count). The van der Waals surface area contributed by atoms with E-state index in [0.717, 1.165) is 43.7 Å². The lowest BCUT2D eigenvalue weighted by molar-refractivity contribution is -0.134. The third-order valence-electron chi connectivity index (χ3n) is 5.14. The van der Waals surface area contributed by atoms with Crippen molar-refractivity contribution >= 4 is 24.1 Å². The number of likely N-dealkylation sites (N-methyl/N-ethyl adjacent to an activating group) is 1. The summed E-state index contributed by atoms with van der Waals surface area (Å²) in [5.41, 5.74) is -0.480. The Morgan fingerprint density at radius 1 is 1.23 bits per heavy atom. The highest BCUT2D eigenvalue weighted by Gasteiger charge is 2.49. The van der Waals surface area contributed by atoms with Crippen LogP contribution < -0.4 is 0 Å². The Hall–Kier alpha value is -2.62. The molecule has 1 heterocycles. The number of rotatable bonds is 7. The summed E-state index contributed by atoms with van der Waals surface area (Å²) < 4.78 is 10.8. The van der Waals surface area contributed by atoms with Crippen molar-refractivity contribution in [2.24, 2.45) is 5.92 Å². The highest BCUT2D eigenvalue weighted by atomic mass is 16.6. The van der Waals surface area contributed by atoms with Crippen molar-refractivity contribution < 1.29 is 38.9 Å². The first-order chi connectivity index (χ1) is 14.1. The first kappa shape index (κ1) is 25.4. The number of aliphatic carboxylic acids is 2. The van der Waals surface area contributed by atoms with Crippen molar-refractivity contribution in [1.82, 2.24) is 9.80 Å². The number of carbonyl (C=O) groups is 4. The quantitative estimate of drug-likeness (QED) is 0.587. The SMILES string of the molecule is CCN(CC)CCOC(=O)N1CC2(CCC[C@H](C)C2)OC1=O.O=C(O)/C=C/C(=O)O. The van der Waals surface area contributed by atoms with Crippen LogP contribution in [0.3, 0.4) is 0 Å². The predicted molar refractivity (Wildman–Crippen MR) is 107 cm³/mol. The molecule has 10 nitrogen and oxygen atoms in total. The Balaban J connectivity index is 0.000000479. The zero-order chi connectivity index (χ0) is 22.7. The van der Waals surface area contributed by atoms with Gasteiger partial charge in [0, 0.05) is 18.7 Å². The Morgan fingerprint density at radius 2 is 1.83 bits per heavy atom. The van der Waals surface area contributed by atoms with Crippen LogP contribution in [0.4, 0.5) is 9.59 Å². The summed E-state index contributed by atoms with van der Waals surface area (Å²) in [6.45, 7) is 9.45. The number of imide groups is 1. The summed E-state index contributed by atoms with van der Waals surface area (Å²) in [6.07, 6.45) is 3.86. The summed E-state index contributed by atoms with van der Waals surface area (Å²) in [6, 6.07) is 0. The lowest BCUT2D eigenvalue weighted by Gasteiger charge is -2.34. The van der Waals surface area contributed by atoms with Gasteiger partial charge in [-0.3, -0.25) is 0 Å². The molecule has 0 aromatic heterocycles. The van der Waals surface area contributed by atoms with Gasteiger partial charge >= 0.3 is 24.1 Å². The fourth-order valence-corrected chi connectivity index (χ4v) is 3.63. The van der Waals surface area contributed by atoms with Gasteiger partial charge in [0.05, 0.1) is 6.54 Å². The van der Waals surface area contributed by atoms with Crippen LogP contribution in [0.15, 0.2) is 12.2 Å². The van der Waals surface area contributed by atoms with E-state index in [1.165, 1.54) is 0 Å². The molecule has 1 unspecified atom stereocenters. The molecule has 30 heavy (non-hydrogen) atoms. The number of carboxylic acids is 2. The predicted octanol–water partition coefficient (Wildman–Crippen LogP) is 2.58. The van der Waals surface area contributed by atoms with Gasteiger partial charge in [0.15, 0.2) is 0 Å². The van der Waals surface area contributed by atoms with Crippen LogP contribution in [0.5, 0.6) is 0 Å². The summed E-state index contributed by atoms with van der Waals surface area (Å²) >= 11 is 0. The van der Waals surface area contributed by atoms with Crippen LogP contribution in [0, 0.1) is 5.92 Å². The minimum atomic E-state index is -1.26. The maximum atomic E-state index is 12.1. The Bertz CT molecular complexity index is 631. The normalized spacial score (nSPS) is 23.3. The van der Waals surface area contributed by atoms with Crippen molar-refractivity contribution in [3.8, 4) is 0 Å². The van der Waals surface area contributed by atoms with Gasteiger partial charge in [0.25, 0.3) is 0 Å².